The molecule has 0 aromatic carbocycles. The Morgan fingerprint density at radius 3 is 2.83 bits per heavy atom. The SMILES string of the molecule is O=Cc1n[nH]c2c1CS(=O)(=O)C2. The molecule has 0 saturated carbocycles. The number of fused-ring (bicyclic) bond motifs is 1. The Bertz CT molecular complexity index is 432. The van der Waals surface area contributed by atoms with Crippen LogP contribution in [0.4, 0.5) is 0 Å². The summed E-state index contributed by atoms with van der Waals surface area (Å²) < 4.78 is 22.1. The molecule has 0 amide bonds. The number of hydrogen-bond donors (Lipinski definition) is 1. The van der Waals surface area contributed by atoms with Gasteiger partial charge in [0.15, 0.2) is 16.1 Å². The number of aldehydes is 1. The highest BCUT2D eigenvalue weighted by atomic mass is 32.2. The van der Waals surface area contributed by atoms with Gasteiger partial charge in [-0.25, -0.2) is 8.42 Å². The second kappa shape index (κ2) is 2.16. The summed E-state index contributed by atoms with van der Waals surface area (Å²) in [7, 11) is -3.02. The van der Waals surface area contributed by atoms with Crippen LogP contribution in [0.1, 0.15) is 21.7 Å². The summed E-state index contributed by atoms with van der Waals surface area (Å²) >= 11 is 0. The van der Waals surface area contributed by atoms with Gasteiger partial charge in [0.05, 0.1) is 17.2 Å². The van der Waals surface area contributed by atoms with Gasteiger partial charge < -0.3 is 0 Å². The Kier molecular flexibility index (Phi) is 1.35. The van der Waals surface area contributed by atoms with Crippen LogP contribution in [0, 0.1) is 0 Å². The van der Waals surface area contributed by atoms with Crippen LogP contribution < -0.4 is 0 Å². The molecule has 0 saturated heterocycles. The number of carbonyl (C=O) groups is 1. The molecule has 0 atom stereocenters. The fourth-order valence-corrected chi connectivity index (χ4v) is 2.83. The second-order valence-electron chi connectivity index (χ2n) is 2.72. The Balaban J connectivity index is 2.57. The lowest BCUT2D eigenvalue weighted by Gasteiger charge is -1.88. The monoisotopic (exact) mass is 186 g/mol. The van der Waals surface area contributed by atoms with E-state index in [1.165, 1.54) is 0 Å². The highest BCUT2D eigenvalue weighted by Crippen LogP contribution is 2.24. The number of rotatable bonds is 1. The molecule has 0 aliphatic carbocycles. The van der Waals surface area contributed by atoms with Crippen molar-refractivity contribution in [2.45, 2.75) is 11.5 Å². The van der Waals surface area contributed by atoms with Gasteiger partial charge in [-0.2, -0.15) is 5.10 Å². The number of hydrogen-bond acceptors (Lipinski definition) is 4. The number of H-pyrrole nitrogens is 1. The standard InChI is InChI=1S/C6H6N2O3S/c9-1-5-4-2-12(10,11)3-6(4)8-7-5/h1H,2-3H2,(H,7,8). The number of nitrogens with zero attached hydrogens (tertiary/aromatic N) is 1. The molecule has 0 unspecified atom stereocenters. The normalized spacial score (nSPS) is 19.0. The van der Waals surface area contributed by atoms with E-state index in [1.54, 1.807) is 0 Å². The predicted molar refractivity (Wildman–Crippen MR) is 40.3 cm³/mol. The quantitative estimate of drug-likeness (QED) is 0.608. The Morgan fingerprint density at radius 1 is 1.42 bits per heavy atom. The van der Waals surface area contributed by atoms with Gasteiger partial charge in [0.25, 0.3) is 0 Å². The molecular weight excluding hydrogens is 180 g/mol. The van der Waals surface area contributed by atoms with Crippen molar-refractivity contribution in [3.63, 3.8) is 0 Å². The summed E-state index contributed by atoms with van der Waals surface area (Å²) in [6.07, 6.45) is 0.566. The summed E-state index contributed by atoms with van der Waals surface area (Å²) in [6, 6.07) is 0. The first-order valence-electron chi connectivity index (χ1n) is 3.34. The van der Waals surface area contributed by atoms with Gasteiger partial charge >= 0.3 is 0 Å². The topological polar surface area (TPSA) is 79.9 Å². The van der Waals surface area contributed by atoms with Crippen LogP contribution in [-0.2, 0) is 21.3 Å². The average molecular weight is 186 g/mol. The number of sulfone groups is 1. The van der Waals surface area contributed by atoms with Crippen LogP contribution in [0.5, 0.6) is 0 Å². The van der Waals surface area contributed by atoms with Crippen molar-refractivity contribution in [1.82, 2.24) is 10.2 Å². The first-order chi connectivity index (χ1) is 5.62. The van der Waals surface area contributed by atoms with E-state index in [-0.39, 0.29) is 17.2 Å². The molecule has 64 valence electrons. The lowest BCUT2D eigenvalue weighted by atomic mass is 10.2. The van der Waals surface area contributed by atoms with Crippen molar-refractivity contribution in [1.29, 1.82) is 0 Å². The third-order valence-electron chi connectivity index (χ3n) is 1.82. The minimum atomic E-state index is -3.02. The number of nitrogens with one attached hydrogen (secondary N) is 1. The van der Waals surface area contributed by atoms with Crippen molar-refractivity contribution >= 4 is 16.1 Å². The molecule has 2 rings (SSSR count). The smallest absolute Gasteiger partial charge is 0.170 e. The molecule has 1 N–H and O–H groups in total. The largest absolute Gasteiger partial charge is 0.296 e. The van der Waals surface area contributed by atoms with Gasteiger partial charge in [-0.05, 0) is 0 Å². The zero-order valence-electron chi connectivity index (χ0n) is 6.07. The van der Waals surface area contributed by atoms with Crippen molar-refractivity contribution in [2.75, 3.05) is 0 Å². The minimum absolute atomic E-state index is 0.0246. The molecule has 2 heterocycles. The van der Waals surface area contributed by atoms with Crippen molar-refractivity contribution in [3.8, 4) is 0 Å². The molecule has 1 aliphatic rings. The first kappa shape index (κ1) is 7.48. The van der Waals surface area contributed by atoms with E-state index in [1.807, 2.05) is 0 Å². The van der Waals surface area contributed by atoms with Crippen molar-refractivity contribution < 1.29 is 13.2 Å². The third kappa shape index (κ3) is 0.953. The molecule has 0 bridgehead atoms. The highest BCUT2D eigenvalue weighted by molar-refractivity contribution is 7.90. The number of carbonyl (C=O) groups excluding carboxylic acids is 1. The Hall–Kier alpha value is -1.17. The summed E-state index contributed by atoms with van der Waals surface area (Å²) in [5.41, 5.74) is 1.30. The van der Waals surface area contributed by atoms with Crippen molar-refractivity contribution in [3.05, 3.63) is 17.0 Å². The van der Waals surface area contributed by atoms with Gasteiger partial charge in [-0.15, -0.1) is 0 Å². The van der Waals surface area contributed by atoms with Crippen LogP contribution in [-0.4, -0.2) is 24.9 Å². The van der Waals surface area contributed by atoms with E-state index in [9.17, 15) is 13.2 Å². The molecule has 12 heavy (non-hydrogen) atoms. The van der Waals surface area contributed by atoms with Crippen LogP contribution in [0.25, 0.3) is 0 Å². The van der Waals surface area contributed by atoms with E-state index < -0.39 is 9.84 Å². The van der Waals surface area contributed by atoms with Crippen molar-refractivity contribution in [2.24, 2.45) is 0 Å². The van der Waals surface area contributed by atoms with Gasteiger partial charge in [0.1, 0.15) is 5.69 Å². The fourth-order valence-electron chi connectivity index (χ4n) is 1.29. The summed E-state index contributed by atoms with van der Waals surface area (Å²) in [5, 5.41) is 6.20. The molecule has 1 aliphatic heterocycles. The highest BCUT2D eigenvalue weighted by Gasteiger charge is 2.29. The molecule has 1 aromatic heterocycles. The Labute approximate surface area is 68.7 Å². The number of aromatic amines is 1. The second-order valence-corrected chi connectivity index (χ2v) is 4.78. The molecule has 6 heteroatoms. The first-order valence-corrected chi connectivity index (χ1v) is 5.16. The van der Waals surface area contributed by atoms with Crippen LogP contribution >= 0.6 is 0 Å². The lowest BCUT2D eigenvalue weighted by Crippen LogP contribution is -1.99. The molecule has 0 spiro atoms. The number of aromatic nitrogens is 2. The average Bonchev–Trinajstić information content (AvgIpc) is 2.42. The van der Waals surface area contributed by atoms with Gasteiger partial charge in [0, 0.05) is 5.56 Å². The van der Waals surface area contributed by atoms with Crippen LogP contribution in [0.3, 0.4) is 0 Å². The lowest BCUT2D eigenvalue weighted by molar-refractivity contribution is 0.111. The molecular formula is C6H6N2O3S. The Morgan fingerprint density at radius 2 is 2.17 bits per heavy atom. The van der Waals surface area contributed by atoms with Gasteiger partial charge in [0.2, 0.25) is 0 Å². The fraction of sp³-hybridized carbons (Fsp3) is 0.333. The maximum atomic E-state index is 11.1. The van der Waals surface area contributed by atoms with Crippen LogP contribution in [0.15, 0.2) is 0 Å². The van der Waals surface area contributed by atoms with Gasteiger partial charge in [-0.1, -0.05) is 0 Å². The molecule has 1 aromatic rings. The zero-order chi connectivity index (χ0) is 8.77. The zero-order valence-corrected chi connectivity index (χ0v) is 6.89. The maximum absolute atomic E-state index is 11.1. The molecule has 0 fully saturated rings. The van der Waals surface area contributed by atoms with E-state index in [4.69, 9.17) is 0 Å². The maximum Gasteiger partial charge on any atom is 0.170 e. The van der Waals surface area contributed by atoms with E-state index in [0.29, 0.717) is 17.5 Å². The van der Waals surface area contributed by atoms with E-state index in [2.05, 4.69) is 10.2 Å². The molecule has 0 radical (unpaired) electrons. The minimum Gasteiger partial charge on any atom is -0.296 e. The predicted octanol–water partition coefficient (Wildman–Crippen LogP) is -0.349. The molecule has 5 nitrogen and oxygen atoms in total. The van der Waals surface area contributed by atoms with Gasteiger partial charge in [-0.3, -0.25) is 9.89 Å². The third-order valence-corrected chi connectivity index (χ3v) is 3.28. The summed E-state index contributed by atoms with van der Waals surface area (Å²) in [4.78, 5) is 10.4. The van der Waals surface area contributed by atoms with E-state index >= 15 is 0 Å². The van der Waals surface area contributed by atoms with Crippen LogP contribution in [0.2, 0.25) is 0 Å². The summed E-state index contributed by atoms with van der Waals surface area (Å²) in [5.74, 6) is -0.0872. The van der Waals surface area contributed by atoms with E-state index in [0.717, 1.165) is 0 Å². The summed E-state index contributed by atoms with van der Waals surface area (Å²) in [6.45, 7) is 0.